The van der Waals surface area contributed by atoms with Crippen LogP contribution in [0.3, 0.4) is 0 Å². The van der Waals surface area contributed by atoms with Crippen molar-refractivity contribution in [2.75, 3.05) is 6.54 Å². The number of nitrogens with zero attached hydrogens (tertiary/aromatic N) is 2. The second-order valence-electron chi connectivity index (χ2n) is 3.06. The first-order chi connectivity index (χ1) is 6.50. The fraction of sp³-hybridized carbons (Fsp3) is 0.857. The Morgan fingerprint density at radius 2 is 2.07 bits per heavy atom. The van der Waals surface area contributed by atoms with Crippen LogP contribution in [0.1, 0.15) is 19.3 Å². The maximum absolute atomic E-state index is 12.2. The first kappa shape index (κ1) is 11.3. The summed E-state index contributed by atoms with van der Waals surface area (Å²) >= 11 is 0. The highest BCUT2D eigenvalue weighted by atomic mass is 32.2. The van der Waals surface area contributed by atoms with E-state index in [-0.39, 0.29) is 19.0 Å². The highest BCUT2D eigenvalue weighted by Crippen LogP contribution is 2.31. The fourth-order valence-corrected chi connectivity index (χ4v) is 2.32. The van der Waals surface area contributed by atoms with Crippen molar-refractivity contribution in [2.45, 2.75) is 31.1 Å². The summed E-state index contributed by atoms with van der Waals surface area (Å²) in [5.74, 6) is -3.39. The van der Waals surface area contributed by atoms with E-state index in [4.69, 9.17) is 5.26 Å². The van der Waals surface area contributed by atoms with E-state index >= 15 is 0 Å². The largest absolute Gasteiger partial charge is 0.350 e. The van der Waals surface area contributed by atoms with Crippen LogP contribution in [0, 0.1) is 11.3 Å². The molecule has 0 saturated heterocycles. The smallest absolute Gasteiger partial charge is 0.206 e. The van der Waals surface area contributed by atoms with Crippen molar-refractivity contribution >= 4 is 10.0 Å². The molecular weight excluding hydrogens is 214 g/mol. The molecule has 0 unspecified atom stereocenters. The molecule has 80 valence electrons. The van der Waals surface area contributed by atoms with Gasteiger partial charge in [0.05, 0.1) is 6.07 Å². The Morgan fingerprint density at radius 3 is 2.43 bits per heavy atom. The first-order valence-electron chi connectivity index (χ1n) is 4.16. The van der Waals surface area contributed by atoms with Crippen LogP contribution in [0.2, 0.25) is 0 Å². The lowest BCUT2D eigenvalue weighted by Crippen LogP contribution is -2.37. The topological polar surface area (TPSA) is 61.2 Å². The lowest BCUT2D eigenvalue weighted by Gasteiger charge is -2.19. The number of hydrogen-bond donors (Lipinski definition) is 0. The van der Waals surface area contributed by atoms with Crippen molar-refractivity contribution < 1.29 is 17.2 Å². The van der Waals surface area contributed by atoms with Crippen molar-refractivity contribution in [2.24, 2.45) is 0 Å². The molecule has 0 aliphatic heterocycles. The molecule has 0 amide bonds. The third-order valence-corrected chi connectivity index (χ3v) is 3.53. The number of rotatable bonds is 5. The Bertz CT molecular complexity index is 332. The molecule has 0 atom stereocenters. The van der Waals surface area contributed by atoms with E-state index in [1.807, 2.05) is 0 Å². The van der Waals surface area contributed by atoms with Crippen LogP contribution in [0.5, 0.6) is 0 Å². The summed E-state index contributed by atoms with van der Waals surface area (Å²) in [4.78, 5) is 0. The van der Waals surface area contributed by atoms with Crippen molar-refractivity contribution in [3.05, 3.63) is 0 Å². The molecule has 0 heterocycles. The maximum atomic E-state index is 12.2. The molecule has 1 aliphatic carbocycles. The van der Waals surface area contributed by atoms with Gasteiger partial charge < -0.3 is 0 Å². The molecule has 1 fully saturated rings. The summed E-state index contributed by atoms with van der Waals surface area (Å²) in [5.41, 5.74) is 0. The number of halogens is 2. The molecule has 1 rings (SSSR count). The Morgan fingerprint density at radius 1 is 1.50 bits per heavy atom. The Balaban J connectivity index is 2.72. The monoisotopic (exact) mass is 224 g/mol. The summed E-state index contributed by atoms with van der Waals surface area (Å²) in [7, 11) is -4.50. The highest BCUT2D eigenvalue weighted by molar-refractivity contribution is 7.89. The van der Waals surface area contributed by atoms with Gasteiger partial charge in [0.15, 0.2) is 0 Å². The predicted molar refractivity (Wildman–Crippen MR) is 44.9 cm³/mol. The molecule has 4 nitrogen and oxygen atoms in total. The third-order valence-electron chi connectivity index (χ3n) is 1.95. The zero-order valence-electron chi connectivity index (χ0n) is 7.36. The number of hydrogen-bond acceptors (Lipinski definition) is 3. The first-order valence-corrected chi connectivity index (χ1v) is 5.66. The Hall–Kier alpha value is -0.740. The summed E-state index contributed by atoms with van der Waals surface area (Å²) < 4.78 is 47.3. The van der Waals surface area contributed by atoms with E-state index in [1.165, 1.54) is 0 Å². The second-order valence-corrected chi connectivity index (χ2v) is 4.91. The van der Waals surface area contributed by atoms with Crippen molar-refractivity contribution in [3.8, 4) is 6.07 Å². The normalized spacial score (nSPS) is 17.4. The number of alkyl halides is 2. The molecule has 0 radical (unpaired) electrons. The lowest BCUT2D eigenvalue weighted by molar-refractivity contribution is 0.218. The fourth-order valence-electron chi connectivity index (χ4n) is 1.14. The molecule has 0 bridgehead atoms. The van der Waals surface area contributed by atoms with Gasteiger partial charge in [0.2, 0.25) is 0 Å². The third kappa shape index (κ3) is 2.39. The second kappa shape index (κ2) is 4.19. The summed E-state index contributed by atoms with van der Waals surface area (Å²) in [6, 6.07) is 1.42. The summed E-state index contributed by atoms with van der Waals surface area (Å²) in [5, 5.41) is 8.26. The van der Waals surface area contributed by atoms with E-state index in [2.05, 4.69) is 0 Å². The number of nitriles is 1. The van der Waals surface area contributed by atoms with Gasteiger partial charge in [-0.05, 0) is 12.8 Å². The van der Waals surface area contributed by atoms with Crippen LogP contribution in [-0.4, -0.2) is 31.1 Å². The molecule has 0 spiro atoms. The van der Waals surface area contributed by atoms with E-state index in [0.29, 0.717) is 12.8 Å². The van der Waals surface area contributed by atoms with Gasteiger partial charge >= 0.3 is 5.76 Å². The highest BCUT2D eigenvalue weighted by Gasteiger charge is 2.41. The van der Waals surface area contributed by atoms with E-state index in [0.717, 1.165) is 4.31 Å². The van der Waals surface area contributed by atoms with E-state index in [9.17, 15) is 17.2 Å². The van der Waals surface area contributed by atoms with Crippen molar-refractivity contribution in [1.29, 1.82) is 5.26 Å². The predicted octanol–water partition coefficient (Wildman–Crippen LogP) is 0.917. The average Bonchev–Trinajstić information content (AvgIpc) is 2.88. The zero-order chi connectivity index (χ0) is 10.8. The van der Waals surface area contributed by atoms with Crippen LogP contribution in [0.15, 0.2) is 0 Å². The average molecular weight is 224 g/mol. The molecule has 0 N–H and O–H groups in total. The van der Waals surface area contributed by atoms with Gasteiger partial charge in [-0.15, -0.1) is 0 Å². The Labute approximate surface area is 81.2 Å². The van der Waals surface area contributed by atoms with Crippen LogP contribution in [-0.2, 0) is 10.0 Å². The van der Waals surface area contributed by atoms with Gasteiger partial charge in [0, 0.05) is 19.0 Å². The maximum Gasteiger partial charge on any atom is 0.350 e. The van der Waals surface area contributed by atoms with Gasteiger partial charge in [-0.3, -0.25) is 0 Å². The molecule has 0 aromatic heterocycles. The minimum Gasteiger partial charge on any atom is -0.206 e. The van der Waals surface area contributed by atoms with Crippen LogP contribution >= 0.6 is 0 Å². The zero-order valence-corrected chi connectivity index (χ0v) is 8.17. The minimum atomic E-state index is -4.50. The van der Waals surface area contributed by atoms with E-state index in [1.54, 1.807) is 6.07 Å². The number of sulfonamides is 1. The lowest BCUT2D eigenvalue weighted by atomic mass is 10.4. The molecule has 7 heteroatoms. The van der Waals surface area contributed by atoms with Gasteiger partial charge in [-0.2, -0.15) is 18.3 Å². The molecule has 0 aromatic rings. The van der Waals surface area contributed by atoms with E-state index < -0.39 is 15.8 Å². The van der Waals surface area contributed by atoms with Gasteiger partial charge in [0.1, 0.15) is 0 Å². The van der Waals surface area contributed by atoms with Crippen molar-refractivity contribution in [3.63, 3.8) is 0 Å². The van der Waals surface area contributed by atoms with Gasteiger partial charge in [-0.25, -0.2) is 8.42 Å². The molecule has 14 heavy (non-hydrogen) atoms. The quantitative estimate of drug-likeness (QED) is 0.697. The summed E-state index contributed by atoms with van der Waals surface area (Å²) in [6.07, 6.45) is 1.16. The minimum absolute atomic E-state index is 0.0531. The van der Waals surface area contributed by atoms with Gasteiger partial charge in [-0.1, -0.05) is 0 Å². The van der Waals surface area contributed by atoms with Crippen LogP contribution < -0.4 is 0 Å². The molecule has 0 aromatic carbocycles. The summed E-state index contributed by atoms with van der Waals surface area (Å²) in [6.45, 7) is -0.131. The molecule has 1 aliphatic rings. The van der Waals surface area contributed by atoms with Crippen LogP contribution in [0.25, 0.3) is 0 Å². The Kier molecular flexibility index (Phi) is 3.39. The van der Waals surface area contributed by atoms with Gasteiger partial charge in [0.25, 0.3) is 10.0 Å². The van der Waals surface area contributed by atoms with Crippen LogP contribution in [0.4, 0.5) is 8.78 Å². The van der Waals surface area contributed by atoms with Crippen molar-refractivity contribution in [1.82, 2.24) is 4.31 Å². The standard InChI is InChI=1S/C7H10F2N2O2S/c8-7(9)14(12,13)11(5-1-4-10)6-2-3-6/h6-7H,1-3,5H2. The molecular formula is C7H10F2N2O2S. The SMILES string of the molecule is N#CCCN(C1CC1)S(=O)(=O)C(F)F. The molecule has 1 saturated carbocycles.